The van der Waals surface area contributed by atoms with Gasteiger partial charge in [-0.25, -0.2) is 0 Å². The molecule has 1 fully saturated rings. The SMILES string of the molecule is CCC(C)(C)C(=O)C(=O)N1CCC(C[C@H](C)c2cccc3ccccc23)C1C(=O)S. The molecule has 0 aliphatic carbocycles. The number of fused-ring (bicyclic) bond motifs is 1. The van der Waals surface area contributed by atoms with Crippen LogP contribution in [0.15, 0.2) is 42.5 Å². The molecule has 0 aromatic heterocycles. The van der Waals surface area contributed by atoms with Crippen molar-refractivity contribution in [1.29, 1.82) is 0 Å². The van der Waals surface area contributed by atoms with Gasteiger partial charge in [0.15, 0.2) is 0 Å². The number of benzene rings is 2. The zero-order valence-corrected chi connectivity index (χ0v) is 19.1. The number of thiol groups is 1. The number of ketones is 1. The summed E-state index contributed by atoms with van der Waals surface area (Å²) in [6.07, 6.45) is 2.05. The number of carbonyl (C=O) groups excluding carboxylic acids is 3. The molecule has 1 aliphatic rings. The molecule has 1 saturated heterocycles. The number of hydrogen-bond acceptors (Lipinski definition) is 3. The molecule has 3 atom stereocenters. The maximum atomic E-state index is 12.9. The van der Waals surface area contributed by atoms with Crippen molar-refractivity contribution in [2.45, 2.75) is 58.9 Å². The lowest BCUT2D eigenvalue weighted by Crippen LogP contribution is -2.48. The van der Waals surface area contributed by atoms with E-state index in [9.17, 15) is 14.4 Å². The molecule has 0 spiro atoms. The van der Waals surface area contributed by atoms with Gasteiger partial charge in [0, 0.05) is 12.0 Å². The molecule has 160 valence electrons. The van der Waals surface area contributed by atoms with Gasteiger partial charge in [0.1, 0.15) is 6.04 Å². The van der Waals surface area contributed by atoms with E-state index in [1.807, 2.05) is 19.1 Å². The van der Waals surface area contributed by atoms with E-state index in [1.54, 1.807) is 13.8 Å². The first-order chi connectivity index (χ1) is 14.2. The Balaban J connectivity index is 1.82. The predicted molar refractivity (Wildman–Crippen MR) is 124 cm³/mol. The van der Waals surface area contributed by atoms with E-state index in [0.717, 1.165) is 6.42 Å². The predicted octanol–water partition coefficient (Wildman–Crippen LogP) is 5.01. The Morgan fingerprint density at radius 2 is 1.80 bits per heavy atom. The van der Waals surface area contributed by atoms with Gasteiger partial charge >= 0.3 is 0 Å². The number of hydrogen-bond donors (Lipinski definition) is 1. The summed E-state index contributed by atoms with van der Waals surface area (Å²) in [7, 11) is 0. The van der Waals surface area contributed by atoms with Gasteiger partial charge in [0.2, 0.25) is 10.9 Å². The molecule has 2 aromatic rings. The van der Waals surface area contributed by atoms with Gasteiger partial charge in [0.05, 0.1) is 0 Å². The fourth-order valence-corrected chi connectivity index (χ4v) is 4.86. The molecule has 0 N–H and O–H groups in total. The smallest absolute Gasteiger partial charge is 0.291 e. The second-order valence-electron chi connectivity index (χ2n) is 9.10. The van der Waals surface area contributed by atoms with Crippen molar-refractivity contribution in [3.8, 4) is 0 Å². The highest BCUT2D eigenvalue weighted by Gasteiger charge is 2.45. The van der Waals surface area contributed by atoms with Crippen LogP contribution in [0.25, 0.3) is 10.8 Å². The summed E-state index contributed by atoms with van der Waals surface area (Å²) in [4.78, 5) is 39.5. The number of amides is 1. The quantitative estimate of drug-likeness (QED) is 0.501. The third-order valence-electron chi connectivity index (χ3n) is 6.74. The molecule has 5 heteroatoms. The first kappa shape index (κ1) is 22.5. The van der Waals surface area contributed by atoms with E-state index in [2.05, 4.69) is 49.9 Å². The topological polar surface area (TPSA) is 54.5 Å². The van der Waals surface area contributed by atoms with Crippen LogP contribution in [0.3, 0.4) is 0 Å². The zero-order chi connectivity index (χ0) is 22.1. The molecular weight excluding hydrogens is 394 g/mol. The van der Waals surface area contributed by atoms with E-state index < -0.39 is 23.1 Å². The normalized spacial score (nSPS) is 20.4. The number of rotatable bonds is 7. The van der Waals surface area contributed by atoms with Crippen molar-refractivity contribution in [3.63, 3.8) is 0 Å². The zero-order valence-electron chi connectivity index (χ0n) is 18.2. The van der Waals surface area contributed by atoms with E-state index in [-0.39, 0.29) is 17.0 Å². The van der Waals surface area contributed by atoms with Gasteiger partial charge < -0.3 is 4.90 Å². The second kappa shape index (κ2) is 8.93. The minimum Gasteiger partial charge on any atom is -0.325 e. The van der Waals surface area contributed by atoms with Gasteiger partial charge in [-0.1, -0.05) is 70.2 Å². The first-order valence-corrected chi connectivity index (χ1v) is 11.2. The molecule has 3 rings (SSSR count). The summed E-state index contributed by atoms with van der Waals surface area (Å²) >= 11 is 4.09. The van der Waals surface area contributed by atoms with E-state index in [1.165, 1.54) is 21.2 Å². The van der Waals surface area contributed by atoms with Crippen LogP contribution in [0.2, 0.25) is 0 Å². The van der Waals surface area contributed by atoms with Gasteiger partial charge in [-0.3, -0.25) is 14.4 Å². The van der Waals surface area contributed by atoms with Crippen LogP contribution in [0.5, 0.6) is 0 Å². The van der Waals surface area contributed by atoms with Crippen LogP contribution in [-0.4, -0.2) is 34.3 Å². The van der Waals surface area contributed by atoms with Crippen LogP contribution in [0.4, 0.5) is 0 Å². The lowest BCUT2D eigenvalue weighted by molar-refractivity contribution is -0.150. The van der Waals surface area contributed by atoms with Crippen molar-refractivity contribution in [1.82, 2.24) is 4.90 Å². The van der Waals surface area contributed by atoms with Crippen molar-refractivity contribution in [2.24, 2.45) is 11.3 Å². The average Bonchev–Trinajstić information content (AvgIpc) is 3.15. The Morgan fingerprint density at radius 1 is 1.13 bits per heavy atom. The molecule has 0 saturated carbocycles. The standard InChI is InChI=1S/C25H31NO3S/c1-5-25(3,4)22(27)23(28)26-14-13-18(21(26)24(29)30)15-16(2)19-12-8-10-17-9-6-7-11-20(17)19/h6-12,16,18,21H,5,13-15H2,1-4H3,(H,29,30)/t16-,18?,21?/m0/s1. The van der Waals surface area contributed by atoms with Crippen molar-refractivity contribution < 1.29 is 14.4 Å². The van der Waals surface area contributed by atoms with Crippen LogP contribution in [0, 0.1) is 11.3 Å². The lowest BCUT2D eigenvalue weighted by atomic mass is 9.83. The van der Waals surface area contributed by atoms with Crippen molar-refractivity contribution in [3.05, 3.63) is 48.0 Å². The van der Waals surface area contributed by atoms with Gasteiger partial charge in [0.25, 0.3) is 5.91 Å². The van der Waals surface area contributed by atoms with Gasteiger partial charge in [-0.2, -0.15) is 0 Å². The van der Waals surface area contributed by atoms with E-state index in [0.29, 0.717) is 19.4 Å². The van der Waals surface area contributed by atoms with Crippen molar-refractivity contribution in [2.75, 3.05) is 6.54 Å². The highest BCUT2D eigenvalue weighted by atomic mass is 32.1. The minimum atomic E-state index is -0.727. The largest absolute Gasteiger partial charge is 0.325 e. The fraction of sp³-hybridized carbons (Fsp3) is 0.480. The van der Waals surface area contributed by atoms with Gasteiger partial charge in [-0.05, 0) is 47.4 Å². The number of likely N-dealkylation sites (tertiary alicyclic amines) is 1. The minimum absolute atomic E-state index is 0.00884. The van der Waals surface area contributed by atoms with Crippen LogP contribution >= 0.6 is 12.6 Å². The third-order valence-corrected chi connectivity index (χ3v) is 7.00. The molecule has 2 unspecified atom stereocenters. The maximum Gasteiger partial charge on any atom is 0.291 e. The molecule has 30 heavy (non-hydrogen) atoms. The summed E-state index contributed by atoms with van der Waals surface area (Å²) in [6.45, 7) is 8.04. The molecule has 0 bridgehead atoms. The summed E-state index contributed by atoms with van der Waals surface area (Å²) in [5.74, 6) is -0.763. The van der Waals surface area contributed by atoms with E-state index >= 15 is 0 Å². The fourth-order valence-electron chi connectivity index (χ4n) is 4.51. The molecule has 4 nitrogen and oxygen atoms in total. The molecule has 1 aliphatic heterocycles. The van der Waals surface area contributed by atoms with Crippen LogP contribution in [-0.2, 0) is 14.4 Å². The summed E-state index contributed by atoms with van der Waals surface area (Å²) in [5, 5.41) is 2.07. The molecule has 1 heterocycles. The third kappa shape index (κ3) is 4.31. The Kier molecular flexibility index (Phi) is 6.71. The summed E-state index contributed by atoms with van der Waals surface area (Å²) in [5.41, 5.74) is 0.515. The van der Waals surface area contributed by atoms with Crippen LogP contribution in [0.1, 0.15) is 58.4 Å². The van der Waals surface area contributed by atoms with Gasteiger partial charge in [-0.15, -0.1) is 12.6 Å². The number of nitrogens with zero attached hydrogens (tertiary/aromatic N) is 1. The highest BCUT2D eigenvalue weighted by Crippen LogP contribution is 2.37. The van der Waals surface area contributed by atoms with Crippen molar-refractivity contribution >= 4 is 40.2 Å². The average molecular weight is 426 g/mol. The number of Topliss-reactive ketones (excluding diaryl/α,β-unsaturated/α-hetero) is 1. The van der Waals surface area contributed by atoms with Crippen LogP contribution < -0.4 is 0 Å². The Hall–Kier alpha value is -2.14. The second-order valence-corrected chi connectivity index (χ2v) is 9.54. The highest BCUT2D eigenvalue weighted by molar-refractivity contribution is 7.96. The molecule has 1 amide bonds. The monoisotopic (exact) mass is 425 g/mol. The lowest BCUT2D eigenvalue weighted by Gasteiger charge is -2.29. The maximum absolute atomic E-state index is 12.9. The molecular formula is C25H31NO3S. The Bertz CT molecular complexity index is 963. The molecule has 2 aromatic carbocycles. The Labute approximate surface area is 184 Å². The molecule has 0 radical (unpaired) electrons. The van der Waals surface area contributed by atoms with E-state index in [4.69, 9.17) is 0 Å². The Morgan fingerprint density at radius 3 is 2.47 bits per heavy atom. The first-order valence-electron chi connectivity index (χ1n) is 10.7. The summed E-state index contributed by atoms with van der Waals surface area (Å²) < 4.78 is 0. The summed E-state index contributed by atoms with van der Waals surface area (Å²) in [6, 6.07) is 13.9. The number of carbonyl (C=O) groups is 3.